The first-order chi connectivity index (χ1) is 14.9. The molecule has 0 spiro atoms. The Hall–Kier alpha value is -3.36. The van der Waals surface area contributed by atoms with E-state index in [1.54, 1.807) is 36.4 Å². The first-order valence-corrected chi connectivity index (χ1v) is 11.0. The Kier molecular flexibility index (Phi) is 7.28. The Bertz CT molecular complexity index is 1110. The van der Waals surface area contributed by atoms with Gasteiger partial charge >= 0.3 is 0 Å². The number of ether oxygens (including phenoxy) is 2. The molecule has 3 rings (SSSR count). The molecule has 0 unspecified atom stereocenters. The highest BCUT2D eigenvalue weighted by atomic mass is 32.2. The van der Waals surface area contributed by atoms with E-state index in [4.69, 9.17) is 9.47 Å². The van der Waals surface area contributed by atoms with Crippen molar-refractivity contribution in [3.05, 3.63) is 84.4 Å². The molecule has 0 aliphatic heterocycles. The number of rotatable bonds is 9. The van der Waals surface area contributed by atoms with E-state index in [-0.39, 0.29) is 10.8 Å². The number of anilines is 1. The molecule has 0 radical (unpaired) electrons. The van der Waals surface area contributed by atoms with Gasteiger partial charge in [0.2, 0.25) is 10.0 Å². The molecule has 0 saturated heterocycles. The lowest BCUT2D eigenvalue weighted by Crippen LogP contribution is -2.22. The maximum Gasteiger partial charge on any atom is 0.255 e. The van der Waals surface area contributed by atoms with Crippen LogP contribution in [0.25, 0.3) is 0 Å². The van der Waals surface area contributed by atoms with Gasteiger partial charge in [-0.2, -0.15) is 0 Å². The van der Waals surface area contributed by atoms with E-state index in [1.807, 2.05) is 30.3 Å². The standard InChI is InChI=1S/C23H24N2O5S/c1-25(2)31(27,28)22-13-11-19(12-14-22)24-23(26)18-7-6-10-21(17-18)30-16-15-29-20-8-4-3-5-9-20/h3-14,17H,15-16H2,1-2H3,(H,24,26). The van der Waals surface area contributed by atoms with Crippen molar-refractivity contribution in [3.8, 4) is 11.5 Å². The smallest absolute Gasteiger partial charge is 0.255 e. The molecule has 7 nitrogen and oxygen atoms in total. The summed E-state index contributed by atoms with van der Waals surface area (Å²) in [6.45, 7) is 0.713. The highest BCUT2D eigenvalue weighted by Gasteiger charge is 2.17. The highest BCUT2D eigenvalue weighted by Crippen LogP contribution is 2.19. The molecule has 0 aliphatic rings. The van der Waals surface area contributed by atoms with Crippen molar-refractivity contribution in [3.63, 3.8) is 0 Å². The molecule has 3 aromatic rings. The minimum Gasteiger partial charge on any atom is -0.490 e. The van der Waals surface area contributed by atoms with E-state index < -0.39 is 10.0 Å². The quantitative estimate of drug-likeness (QED) is 0.514. The largest absolute Gasteiger partial charge is 0.490 e. The van der Waals surface area contributed by atoms with Crippen molar-refractivity contribution >= 4 is 21.6 Å². The van der Waals surface area contributed by atoms with Crippen LogP contribution in [-0.2, 0) is 10.0 Å². The molecule has 0 fully saturated rings. The number of benzene rings is 3. The maximum atomic E-state index is 12.6. The van der Waals surface area contributed by atoms with E-state index in [9.17, 15) is 13.2 Å². The molecule has 0 aromatic heterocycles. The molecule has 31 heavy (non-hydrogen) atoms. The van der Waals surface area contributed by atoms with Crippen LogP contribution in [0.4, 0.5) is 5.69 Å². The summed E-state index contributed by atoms with van der Waals surface area (Å²) in [5.74, 6) is 0.995. The van der Waals surface area contributed by atoms with E-state index >= 15 is 0 Å². The second-order valence-corrected chi connectivity index (χ2v) is 8.96. The number of carbonyl (C=O) groups excluding carboxylic acids is 1. The van der Waals surface area contributed by atoms with Crippen LogP contribution >= 0.6 is 0 Å². The molecule has 1 N–H and O–H groups in total. The van der Waals surface area contributed by atoms with Crippen LogP contribution in [0.3, 0.4) is 0 Å². The topological polar surface area (TPSA) is 84.9 Å². The monoisotopic (exact) mass is 440 g/mol. The Labute approximate surface area is 182 Å². The lowest BCUT2D eigenvalue weighted by molar-refractivity contribution is 0.102. The summed E-state index contributed by atoms with van der Waals surface area (Å²) in [6, 6.07) is 22.3. The van der Waals surface area contributed by atoms with Gasteiger partial charge in [0.1, 0.15) is 24.7 Å². The second-order valence-electron chi connectivity index (χ2n) is 6.80. The van der Waals surface area contributed by atoms with Crippen LogP contribution in [-0.4, -0.2) is 45.9 Å². The highest BCUT2D eigenvalue weighted by molar-refractivity contribution is 7.89. The van der Waals surface area contributed by atoms with Gasteiger partial charge in [-0.3, -0.25) is 4.79 Å². The molecule has 0 heterocycles. The van der Waals surface area contributed by atoms with Gasteiger partial charge in [-0.05, 0) is 54.6 Å². The zero-order chi connectivity index (χ0) is 22.3. The third kappa shape index (κ3) is 6.07. The summed E-state index contributed by atoms with van der Waals surface area (Å²) >= 11 is 0. The normalized spacial score (nSPS) is 11.2. The zero-order valence-electron chi connectivity index (χ0n) is 17.3. The Morgan fingerprint density at radius 1 is 0.839 bits per heavy atom. The number of carbonyl (C=O) groups is 1. The molecule has 162 valence electrons. The van der Waals surface area contributed by atoms with Gasteiger partial charge in [-0.25, -0.2) is 12.7 Å². The molecule has 0 saturated carbocycles. The third-order valence-corrected chi connectivity index (χ3v) is 6.18. The van der Waals surface area contributed by atoms with Crippen molar-refractivity contribution in [1.29, 1.82) is 0 Å². The van der Waals surface area contributed by atoms with E-state index in [0.717, 1.165) is 10.1 Å². The van der Waals surface area contributed by atoms with Crippen molar-refractivity contribution in [2.75, 3.05) is 32.6 Å². The van der Waals surface area contributed by atoms with E-state index in [1.165, 1.54) is 26.2 Å². The summed E-state index contributed by atoms with van der Waals surface area (Å²) in [7, 11) is -0.583. The summed E-state index contributed by atoms with van der Waals surface area (Å²) in [6.07, 6.45) is 0. The predicted molar refractivity (Wildman–Crippen MR) is 119 cm³/mol. The van der Waals surface area contributed by atoms with Crippen molar-refractivity contribution in [2.45, 2.75) is 4.90 Å². The number of amides is 1. The number of para-hydroxylation sites is 1. The first-order valence-electron chi connectivity index (χ1n) is 9.61. The Balaban J connectivity index is 1.56. The molecule has 8 heteroatoms. The van der Waals surface area contributed by atoms with Gasteiger partial charge in [-0.1, -0.05) is 24.3 Å². The van der Waals surface area contributed by atoms with Gasteiger partial charge in [0, 0.05) is 25.3 Å². The Morgan fingerprint density at radius 3 is 2.10 bits per heavy atom. The molecular formula is C23H24N2O5S. The number of nitrogens with one attached hydrogen (secondary N) is 1. The van der Waals surface area contributed by atoms with Crippen LogP contribution in [0.2, 0.25) is 0 Å². The molecule has 0 bridgehead atoms. The van der Waals surface area contributed by atoms with Gasteiger partial charge in [-0.15, -0.1) is 0 Å². The van der Waals surface area contributed by atoms with Crippen LogP contribution in [0, 0.1) is 0 Å². The van der Waals surface area contributed by atoms with Gasteiger partial charge in [0.15, 0.2) is 0 Å². The van der Waals surface area contributed by atoms with Gasteiger partial charge < -0.3 is 14.8 Å². The zero-order valence-corrected chi connectivity index (χ0v) is 18.1. The number of hydrogen-bond acceptors (Lipinski definition) is 5. The van der Waals surface area contributed by atoms with Crippen molar-refractivity contribution in [2.24, 2.45) is 0 Å². The molecular weight excluding hydrogens is 416 g/mol. The van der Waals surface area contributed by atoms with Crippen molar-refractivity contribution < 1.29 is 22.7 Å². The maximum absolute atomic E-state index is 12.6. The van der Waals surface area contributed by atoms with Crippen LogP contribution in [0.1, 0.15) is 10.4 Å². The van der Waals surface area contributed by atoms with Crippen LogP contribution in [0.15, 0.2) is 83.8 Å². The lowest BCUT2D eigenvalue weighted by atomic mass is 10.2. The fourth-order valence-electron chi connectivity index (χ4n) is 2.69. The second kappa shape index (κ2) is 10.1. The summed E-state index contributed by atoms with van der Waals surface area (Å²) in [5, 5.41) is 2.75. The fourth-order valence-corrected chi connectivity index (χ4v) is 3.59. The molecule has 0 atom stereocenters. The SMILES string of the molecule is CN(C)S(=O)(=O)c1ccc(NC(=O)c2cccc(OCCOc3ccccc3)c2)cc1. The lowest BCUT2D eigenvalue weighted by Gasteiger charge is -2.12. The number of nitrogens with zero attached hydrogens (tertiary/aromatic N) is 1. The first kappa shape index (κ1) is 22.3. The van der Waals surface area contributed by atoms with Gasteiger partial charge in [0.05, 0.1) is 4.90 Å². The summed E-state index contributed by atoms with van der Waals surface area (Å²) in [4.78, 5) is 12.7. The molecule has 1 amide bonds. The summed E-state index contributed by atoms with van der Waals surface area (Å²) < 4.78 is 36.6. The van der Waals surface area contributed by atoms with Crippen LogP contribution in [0.5, 0.6) is 11.5 Å². The third-order valence-electron chi connectivity index (χ3n) is 4.35. The minimum atomic E-state index is -3.51. The average molecular weight is 441 g/mol. The van der Waals surface area contributed by atoms with Gasteiger partial charge in [0.25, 0.3) is 5.91 Å². The molecule has 0 aliphatic carbocycles. The van der Waals surface area contributed by atoms with Crippen LogP contribution < -0.4 is 14.8 Å². The predicted octanol–water partition coefficient (Wildman–Crippen LogP) is 3.65. The van der Waals surface area contributed by atoms with E-state index in [0.29, 0.717) is 30.2 Å². The molecule has 3 aromatic carbocycles. The van der Waals surface area contributed by atoms with E-state index in [2.05, 4.69) is 5.32 Å². The average Bonchev–Trinajstić information content (AvgIpc) is 2.78. The fraction of sp³-hybridized carbons (Fsp3) is 0.174. The Morgan fingerprint density at radius 2 is 1.45 bits per heavy atom. The summed E-state index contributed by atoms with van der Waals surface area (Å²) in [5.41, 5.74) is 0.914. The minimum absolute atomic E-state index is 0.156. The van der Waals surface area contributed by atoms with Crippen molar-refractivity contribution in [1.82, 2.24) is 4.31 Å². The number of sulfonamides is 1. The number of hydrogen-bond donors (Lipinski definition) is 1.